The number of fused-ring (bicyclic) bond motifs is 2. The Labute approximate surface area is 128 Å². The van der Waals surface area contributed by atoms with Gasteiger partial charge in [0.15, 0.2) is 0 Å². The fourth-order valence-corrected chi connectivity index (χ4v) is 4.25. The van der Waals surface area contributed by atoms with Crippen molar-refractivity contribution in [1.29, 1.82) is 0 Å². The largest absolute Gasteiger partial charge is 0.508 e. The lowest BCUT2D eigenvalue weighted by Gasteiger charge is -2.48. The smallest absolute Gasteiger partial charge is 0.120 e. The fraction of sp³-hybridized carbons (Fsp3) is 0.667. The predicted octanol–water partition coefficient (Wildman–Crippen LogP) is 3.45. The van der Waals surface area contributed by atoms with E-state index in [2.05, 4.69) is 24.2 Å². The summed E-state index contributed by atoms with van der Waals surface area (Å²) < 4.78 is 0. The number of phenolic OH excluding ortho intramolecular Hbond substituents is 1. The van der Waals surface area contributed by atoms with Gasteiger partial charge in [0.2, 0.25) is 0 Å². The van der Waals surface area contributed by atoms with E-state index >= 15 is 0 Å². The van der Waals surface area contributed by atoms with Crippen molar-refractivity contribution in [3.05, 3.63) is 29.8 Å². The van der Waals surface area contributed by atoms with Gasteiger partial charge in [-0.1, -0.05) is 31.5 Å². The standard InChI is InChI=1S/C18H28N2O/c1-3-17(16-9-4-5-10-18(16)21)19-13-11-14-7-6-8-15(12-13)20(14)2/h4-5,9-10,13-15,17,19,21H,3,6-8,11-12H2,1-2H3. The van der Waals surface area contributed by atoms with E-state index in [-0.39, 0.29) is 6.04 Å². The van der Waals surface area contributed by atoms with E-state index in [1.807, 2.05) is 18.2 Å². The second-order valence-corrected chi connectivity index (χ2v) is 6.76. The van der Waals surface area contributed by atoms with Crippen LogP contribution in [0.3, 0.4) is 0 Å². The molecule has 116 valence electrons. The molecule has 2 bridgehead atoms. The molecule has 3 rings (SSSR count). The third-order valence-electron chi connectivity index (χ3n) is 5.50. The second-order valence-electron chi connectivity index (χ2n) is 6.76. The molecule has 2 heterocycles. The first kappa shape index (κ1) is 14.9. The summed E-state index contributed by atoms with van der Waals surface area (Å²) in [5.74, 6) is 0.421. The highest BCUT2D eigenvalue weighted by molar-refractivity contribution is 5.34. The Morgan fingerprint density at radius 1 is 1.24 bits per heavy atom. The van der Waals surface area contributed by atoms with Crippen molar-refractivity contribution in [2.24, 2.45) is 0 Å². The minimum Gasteiger partial charge on any atom is -0.508 e. The van der Waals surface area contributed by atoms with Crippen molar-refractivity contribution in [3.63, 3.8) is 0 Å². The average Bonchev–Trinajstić information content (AvgIpc) is 2.46. The van der Waals surface area contributed by atoms with E-state index in [1.54, 1.807) is 6.07 Å². The first-order valence-corrected chi connectivity index (χ1v) is 8.45. The number of phenols is 1. The van der Waals surface area contributed by atoms with Crippen LogP contribution < -0.4 is 5.32 Å². The maximum Gasteiger partial charge on any atom is 0.120 e. The zero-order chi connectivity index (χ0) is 14.8. The molecule has 1 aromatic rings. The van der Waals surface area contributed by atoms with Crippen LogP contribution in [0.25, 0.3) is 0 Å². The van der Waals surface area contributed by atoms with E-state index in [0.29, 0.717) is 11.8 Å². The Balaban J connectivity index is 1.69. The van der Waals surface area contributed by atoms with Gasteiger partial charge in [-0.2, -0.15) is 0 Å². The highest BCUT2D eigenvalue weighted by Gasteiger charge is 2.36. The average molecular weight is 288 g/mol. The molecule has 3 heteroatoms. The molecule has 3 unspecified atom stereocenters. The number of piperidine rings is 2. The number of nitrogens with one attached hydrogen (secondary N) is 1. The lowest BCUT2D eigenvalue weighted by atomic mass is 9.82. The van der Waals surface area contributed by atoms with Gasteiger partial charge in [-0.3, -0.25) is 0 Å². The Kier molecular flexibility index (Phi) is 4.51. The van der Waals surface area contributed by atoms with Crippen molar-refractivity contribution < 1.29 is 5.11 Å². The third-order valence-corrected chi connectivity index (χ3v) is 5.50. The molecule has 0 saturated carbocycles. The maximum absolute atomic E-state index is 10.1. The normalized spacial score (nSPS) is 31.0. The molecule has 3 atom stereocenters. The minimum absolute atomic E-state index is 0.264. The summed E-state index contributed by atoms with van der Waals surface area (Å²) in [5.41, 5.74) is 1.05. The monoisotopic (exact) mass is 288 g/mol. The molecule has 3 nitrogen and oxygen atoms in total. The van der Waals surface area contributed by atoms with E-state index in [1.165, 1.54) is 32.1 Å². The topological polar surface area (TPSA) is 35.5 Å². The molecule has 0 radical (unpaired) electrons. The molecule has 0 aromatic heterocycles. The number of hydrogen-bond donors (Lipinski definition) is 2. The molecule has 21 heavy (non-hydrogen) atoms. The number of rotatable bonds is 4. The lowest BCUT2D eigenvalue weighted by Crippen LogP contribution is -2.54. The van der Waals surface area contributed by atoms with Gasteiger partial charge >= 0.3 is 0 Å². The lowest BCUT2D eigenvalue weighted by molar-refractivity contribution is 0.0455. The van der Waals surface area contributed by atoms with Crippen LogP contribution in [0.1, 0.15) is 57.1 Å². The van der Waals surface area contributed by atoms with Crippen LogP contribution in [0.2, 0.25) is 0 Å². The van der Waals surface area contributed by atoms with Crippen molar-refractivity contribution in [3.8, 4) is 5.75 Å². The van der Waals surface area contributed by atoms with Crippen LogP contribution in [-0.2, 0) is 0 Å². The summed E-state index contributed by atoms with van der Waals surface area (Å²) in [5, 5.41) is 13.9. The van der Waals surface area contributed by atoms with Gasteiger partial charge < -0.3 is 15.3 Å². The fourth-order valence-electron chi connectivity index (χ4n) is 4.25. The van der Waals surface area contributed by atoms with E-state index in [0.717, 1.165) is 24.1 Å². The van der Waals surface area contributed by atoms with Crippen molar-refractivity contribution in [2.75, 3.05) is 7.05 Å². The summed E-state index contributed by atoms with van der Waals surface area (Å²) in [4.78, 5) is 2.60. The summed E-state index contributed by atoms with van der Waals surface area (Å²) in [7, 11) is 2.30. The zero-order valence-corrected chi connectivity index (χ0v) is 13.3. The molecule has 2 aliphatic heterocycles. The Morgan fingerprint density at radius 3 is 2.52 bits per heavy atom. The molecule has 2 saturated heterocycles. The number of benzene rings is 1. The molecule has 0 aliphatic carbocycles. The van der Waals surface area contributed by atoms with Crippen molar-refractivity contribution >= 4 is 0 Å². The molecular formula is C18H28N2O. The van der Waals surface area contributed by atoms with Crippen LogP contribution in [-0.4, -0.2) is 35.2 Å². The minimum atomic E-state index is 0.264. The molecule has 2 aliphatic rings. The highest BCUT2D eigenvalue weighted by atomic mass is 16.3. The Bertz CT molecular complexity index is 462. The van der Waals surface area contributed by atoms with Crippen LogP contribution in [0.5, 0.6) is 5.75 Å². The Morgan fingerprint density at radius 2 is 1.90 bits per heavy atom. The summed E-state index contributed by atoms with van der Waals surface area (Å²) in [6.07, 6.45) is 7.59. The molecular weight excluding hydrogens is 260 g/mol. The van der Waals surface area contributed by atoms with Crippen molar-refractivity contribution in [1.82, 2.24) is 10.2 Å². The molecule has 2 fully saturated rings. The Hall–Kier alpha value is -1.06. The summed E-state index contributed by atoms with van der Waals surface area (Å²) in [6, 6.07) is 10.1. The van der Waals surface area contributed by atoms with E-state index in [9.17, 15) is 5.11 Å². The van der Waals surface area contributed by atoms with Crippen LogP contribution in [0.4, 0.5) is 0 Å². The van der Waals surface area contributed by atoms with Gasteiger partial charge in [-0.25, -0.2) is 0 Å². The van der Waals surface area contributed by atoms with Gasteiger partial charge in [0.05, 0.1) is 0 Å². The molecule has 1 aromatic carbocycles. The predicted molar refractivity (Wildman–Crippen MR) is 86.5 cm³/mol. The number of nitrogens with zero attached hydrogens (tertiary/aromatic N) is 1. The maximum atomic E-state index is 10.1. The zero-order valence-electron chi connectivity index (χ0n) is 13.3. The number of para-hydroxylation sites is 1. The quantitative estimate of drug-likeness (QED) is 0.891. The number of aromatic hydroxyl groups is 1. The SMILES string of the molecule is CCC(NC1CC2CCCC(C1)N2C)c1ccccc1O. The molecule has 0 spiro atoms. The first-order chi connectivity index (χ1) is 10.2. The second kappa shape index (κ2) is 6.37. The van der Waals surface area contributed by atoms with Crippen molar-refractivity contribution in [2.45, 2.75) is 69.6 Å². The van der Waals surface area contributed by atoms with Crippen LogP contribution in [0, 0.1) is 0 Å². The summed E-state index contributed by atoms with van der Waals surface area (Å²) in [6.45, 7) is 2.19. The van der Waals surface area contributed by atoms with Gasteiger partial charge in [0.1, 0.15) is 5.75 Å². The number of hydrogen-bond acceptors (Lipinski definition) is 3. The molecule has 2 N–H and O–H groups in total. The van der Waals surface area contributed by atoms with Gasteiger partial charge in [-0.05, 0) is 45.2 Å². The third kappa shape index (κ3) is 3.09. The van der Waals surface area contributed by atoms with Crippen LogP contribution in [0.15, 0.2) is 24.3 Å². The van der Waals surface area contributed by atoms with Gasteiger partial charge in [0.25, 0.3) is 0 Å². The van der Waals surface area contributed by atoms with Crippen LogP contribution >= 0.6 is 0 Å². The van der Waals surface area contributed by atoms with Gasteiger partial charge in [0, 0.05) is 29.7 Å². The van der Waals surface area contributed by atoms with E-state index < -0.39 is 0 Å². The highest BCUT2D eigenvalue weighted by Crippen LogP contribution is 2.34. The van der Waals surface area contributed by atoms with Gasteiger partial charge in [-0.15, -0.1) is 0 Å². The summed E-state index contributed by atoms with van der Waals surface area (Å²) >= 11 is 0. The molecule has 0 amide bonds. The van der Waals surface area contributed by atoms with E-state index in [4.69, 9.17) is 0 Å². The first-order valence-electron chi connectivity index (χ1n) is 8.45.